The molecule has 0 aliphatic carbocycles. The van der Waals surface area contributed by atoms with Crippen LogP contribution < -0.4 is 4.90 Å². The van der Waals surface area contributed by atoms with Gasteiger partial charge in [0.1, 0.15) is 18.6 Å². The maximum Gasteiger partial charge on any atom is 0.405 e. The number of halogens is 4. The summed E-state index contributed by atoms with van der Waals surface area (Å²) >= 11 is 0. The average Bonchev–Trinajstić information content (AvgIpc) is 2.24. The minimum Gasteiger partial charge on any atom is -0.358 e. The van der Waals surface area contributed by atoms with Crippen LogP contribution in [0.1, 0.15) is 24.2 Å². The third-order valence-corrected chi connectivity index (χ3v) is 2.39. The highest BCUT2D eigenvalue weighted by molar-refractivity contribution is 5.76. The highest BCUT2D eigenvalue weighted by atomic mass is 19.4. The molecule has 0 aromatic heterocycles. The second-order valence-electron chi connectivity index (χ2n) is 4.17. The van der Waals surface area contributed by atoms with Crippen LogP contribution in [0, 0.1) is 5.82 Å². The lowest BCUT2D eigenvalue weighted by Crippen LogP contribution is -2.39. The molecule has 0 saturated heterocycles. The van der Waals surface area contributed by atoms with E-state index < -0.39 is 24.6 Å². The second-order valence-corrected chi connectivity index (χ2v) is 4.17. The third kappa shape index (κ3) is 3.72. The maximum absolute atomic E-state index is 13.7. The van der Waals surface area contributed by atoms with E-state index in [1.165, 1.54) is 12.1 Å². The van der Waals surface area contributed by atoms with Crippen LogP contribution in [-0.4, -0.2) is 25.0 Å². The quantitative estimate of drug-likeness (QED) is 0.613. The lowest BCUT2D eigenvalue weighted by Gasteiger charge is -2.30. The van der Waals surface area contributed by atoms with E-state index in [0.29, 0.717) is 6.29 Å². The Morgan fingerprint density at radius 1 is 1.33 bits per heavy atom. The largest absolute Gasteiger partial charge is 0.405 e. The molecule has 0 bridgehead atoms. The summed E-state index contributed by atoms with van der Waals surface area (Å²) in [6, 6.07) is 2.89. The molecule has 0 heterocycles. The summed E-state index contributed by atoms with van der Waals surface area (Å²) in [5.74, 6) is -0.836. The number of carbonyl (C=O) groups excluding carboxylic acids is 1. The SMILES string of the molecule is CC(C)N(CC(F)(F)F)c1ccc(C=O)cc1F. The number of benzene rings is 1. The highest BCUT2D eigenvalue weighted by Gasteiger charge is 2.32. The monoisotopic (exact) mass is 263 g/mol. The Kier molecular flexibility index (Phi) is 4.32. The summed E-state index contributed by atoms with van der Waals surface area (Å²) < 4.78 is 50.9. The van der Waals surface area contributed by atoms with Crippen molar-refractivity contribution in [3.63, 3.8) is 0 Å². The summed E-state index contributed by atoms with van der Waals surface area (Å²) in [4.78, 5) is 11.3. The highest BCUT2D eigenvalue weighted by Crippen LogP contribution is 2.26. The number of hydrogen-bond donors (Lipinski definition) is 0. The van der Waals surface area contributed by atoms with E-state index in [1.807, 2.05) is 0 Å². The first-order chi connectivity index (χ1) is 8.24. The molecule has 1 rings (SSSR count). The van der Waals surface area contributed by atoms with Crippen molar-refractivity contribution >= 4 is 12.0 Å². The number of nitrogens with zero attached hydrogens (tertiary/aromatic N) is 1. The molecule has 0 N–H and O–H groups in total. The Morgan fingerprint density at radius 3 is 2.33 bits per heavy atom. The van der Waals surface area contributed by atoms with Gasteiger partial charge in [-0.15, -0.1) is 0 Å². The molecule has 100 valence electrons. The fraction of sp³-hybridized carbons (Fsp3) is 0.417. The molecule has 1 aromatic carbocycles. The van der Waals surface area contributed by atoms with Crippen LogP contribution in [-0.2, 0) is 0 Å². The summed E-state index contributed by atoms with van der Waals surface area (Å²) in [5, 5.41) is 0. The second kappa shape index (κ2) is 5.37. The Bertz CT molecular complexity index is 429. The van der Waals surface area contributed by atoms with Gasteiger partial charge in [-0.1, -0.05) is 0 Å². The molecule has 0 atom stereocenters. The van der Waals surface area contributed by atoms with Crippen molar-refractivity contribution in [1.29, 1.82) is 0 Å². The molecule has 0 spiro atoms. The Morgan fingerprint density at radius 2 is 1.94 bits per heavy atom. The van der Waals surface area contributed by atoms with Crippen LogP contribution in [0.25, 0.3) is 0 Å². The van der Waals surface area contributed by atoms with Gasteiger partial charge < -0.3 is 4.90 Å². The number of carbonyl (C=O) groups is 1. The van der Waals surface area contributed by atoms with Gasteiger partial charge in [-0.2, -0.15) is 13.2 Å². The summed E-state index contributed by atoms with van der Waals surface area (Å²) in [5.41, 5.74) is -0.0695. The molecule has 6 heteroatoms. The normalized spacial score (nSPS) is 11.7. The van der Waals surface area contributed by atoms with Crippen LogP contribution in [0.5, 0.6) is 0 Å². The van der Waals surface area contributed by atoms with Crippen molar-refractivity contribution in [2.45, 2.75) is 26.1 Å². The van der Waals surface area contributed by atoms with Gasteiger partial charge in [0.2, 0.25) is 0 Å². The topological polar surface area (TPSA) is 20.3 Å². The molecule has 18 heavy (non-hydrogen) atoms. The van der Waals surface area contributed by atoms with Crippen molar-refractivity contribution in [2.75, 3.05) is 11.4 Å². The van der Waals surface area contributed by atoms with E-state index in [1.54, 1.807) is 13.8 Å². The predicted molar refractivity (Wildman–Crippen MR) is 60.3 cm³/mol. The summed E-state index contributed by atoms with van der Waals surface area (Å²) in [6.07, 6.45) is -3.98. The lowest BCUT2D eigenvalue weighted by atomic mass is 10.1. The Hall–Kier alpha value is -1.59. The van der Waals surface area contributed by atoms with Crippen molar-refractivity contribution < 1.29 is 22.4 Å². The van der Waals surface area contributed by atoms with E-state index in [9.17, 15) is 22.4 Å². The van der Waals surface area contributed by atoms with Crippen molar-refractivity contribution in [1.82, 2.24) is 0 Å². The van der Waals surface area contributed by atoms with Gasteiger partial charge in [0.05, 0.1) is 5.69 Å². The van der Waals surface area contributed by atoms with Gasteiger partial charge in [0.15, 0.2) is 0 Å². The zero-order valence-corrected chi connectivity index (χ0v) is 9.96. The first-order valence-corrected chi connectivity index (χ1v) is 5.32. The van der Waals surface area contributed by atoms with E-state index >= 15 is 0 Å². The molecule has 0 fully saturated rings. The Labute approximate surface area is 102 Å². The minimum atomic E-state index is -4.42. The predicted octanol–water partition coefficient (Wildman–Crippen LogP) is 3.42. The first-order valence-electron chi connectivity index (χ1n) is 5.32. The van der Waals surface area contributed by atoms with Gasteiger partial charge in [0.25, 0.3) is 0 Å². The van der Waals surface area contributed by atoms with Gasteiger partial charge in [-0.25, -0.2) is 4.39 Å². The van der Waals surface area contributed by atoms with Crippen LogP contribution in [0.4, 0.5) is 23.2 Å². The molecule has 0 unspecified atom stereocenters. The third-order valence-electron chi connectivity index (χ3n) is 2.39. The number of rotatable bonds is 4. The fourth-order valence-electron chi connectivity index (χ4n) is 1.57. The Balaban J connectivity index is 3.10. The van der Waals surface area contributed by atoms with Gasteiger partial charge in [-0.3, -0.25) is 4.79 Å². The molecular formula is C12H13F4NO. The zero-order valence-electron chi connectivity index (χ0n) is 9.96. The van der Waals surface area contributed by atoms with Gasteiger partial charge >= 0.3 is 6.18 Å². The average molecular weight is 263 g/mol. The van der Waals surface area contributed by atoms with Crippen molar-refractivity contribution in [3.8, 4) is 0 Å². The summed E-state index contributed by atoms with van der Waals surface area (Å²) in [6.45, 7) is 1.85. The number of aldehydes is 1. The van der Waals surface area contributed by atoms with Crippen molar-refractivity contribution in [3.05, 3.63) is 29.6 Å². The molecule has 2 nitrogen and oxygen atoms in total. The van der Waals surface area contributed by atoms with Gasteiger partial charge in [0, 0.05) is 11.6 Å². The van der Waals surface area contributed by atoms with E-state index in [2.05, 4.69) is 0 Å². The molecule has 0 aliphatic rings. The van der Waals surface area contributed by atoms with Gasteiger partial charge in [-0.05, 0) is 32.0 Å². The van der Waals surface area contributed by atoms with Crippen LogP contribution >= 0.6 is 0 Å². The smallest absolute Gasteiger partial charge is 0.358 e. The number of anilines is 1. The molecule has 0 aliphatic heterocycles. The zero-order chi connectivity index (χ0) is 13.9. The van der Waals surface area contributed by atoms with E-state index in [-0.39, 0.29) is 11.3 Å². The summed E-state index contributed by atoms with van der Waals surface area (Å²) in [7, 11) is 0. The maximum atomic E-state index is 13.7. The molecule has 1 aromatic rings. The van der Waals surface area contributed by atoms with Crippen LogP contribution in [0.2, 0.25) is 0 Å². The standard InChI is InChI=1S/C12H13F4NO/c1-8(2)17(7-12(14,15)16)11-4-3-9(6-18)5-10(11)13/h3-6,8H,7H2,1-2H3. The fourth-order valence-corrected chi connectivity index (χ4v) is 1.57. The molecular weight excluding hydrogens is 250 g/mol. The van der Waals surface area contributed by atoms with Crippen LogP contribution in [0.15, 0.2) is 18.2 Å². The number of hydrogen-bond acceptors (Lipinski definition) is 2. The lowest BCUT2D eigenvalue weighted by molar-refractivity contribution is -0.120. The molecule has 0 radical (unpaired) electrons. The van der Waals surface area contributed by atoms with Crippen LogP contribution in [0.3, 0.4) is 0 Å². The molecule has 0 saturated carbocycles. The minimum absolute atomic E-state index is 0.0898. The molecule has 0 amide bonds. The number of alkyl halides is 3. The van der Waals surface area contributed by atoms with Crippen molar-refractivity contribution in [2.24, 2.45) is 0 Å². The van der Waals surface area contributed by atoms with E-state index in [4.69, 9.17) is 0 Å². The van der Waals surface area contributed by atoms with E-state index in [0.717, 1.165) is 11.0 Å². The first kappa shape index (κ1) is 14.5.